The molecule has 5 aliphatic carbocycles. The van der Waals surface area contributed by atoms with E-state index in [1.807, 2.05) is 20.8 Å². The average Bonchev–Trinajstić information content (AvgIpc) is 3.65. The fourth-order valence-electron chi connectivity index (χ4n) is 13.5. The van der Waals surface area contributed by atoms with Gasteiger partial charge in [-0.1, -0.05) is 48.5 Å². The Morgan fingerprint density at radius 3 is 2.16 bits per heavy atom. The van der Waals surface area contributed by atoms with Crippen LogP contribution in [0.25, 0.3) is 0 Å². The lowest BCUT2D eigenvalue weighted by molar-refractivity contribution is -0.232. The van der Waals surface area contributed by atoms with Gasteiger partial charge < -0.3 is 19.9 Å². The molecular weight excluding hydrogens is 697 g/mol. The van der Waals surface area contributed by atoms with E-state index < -0.39 is 40.6 Å². The third kappa shape index (κ3) is 6.65. The van der Waals surface area contributed by atoms with Crippen LogP contribution >= 0.6 is 0 Å². The number of amides is 2. The minimum absolute atomic E-state index is 0.0118. The molecule has 0 aromatic rings. The number of likely N-dealkylation sites (tertiary alicyclic amines) is 1. The molecule has 308 valence electrons. The molecule has 1 heterocycles. The van der Waals surface area contributed by atoms with E-state index >= 15 is 0 Å². The number of ether oxygens (including phenoxy) is 2. The van der Waals surface area contributed by atoms with Crippen LogP contribution in [0.15, 0.2) is 11.1 Å². The molecule has 0 radical (unpaired) electrons. The molecule has 0 aromatic carbocycles. The molecule has 1 saturated heterocycles. The number of hydrogen-bond acceptors (Lipinski definition) is 7. The fourth-order valence-corrected chi connectivity index (χ4v) is 13.5. The summed E-state index contributed by atoms with van der Waals surface area (Å²) < 4.78 is 11.9. The molecule has 4 saturated carbocycles. The predicted octanol–water partition coefficient (Wildman–Crippen LogP) is 8.65. The number of carboxylic acids is 1. The zero-order valence-corrected chi connectivity index (χ0v) is 35.9. The first-order valence-corrected chi connectivity index (χ1v) is 21.3. The van der Waals surface area contributed by atoms with E-state index in [9.17, 15) is 29.1 Å². The van der Waals surface area contributed by atoms with Crippen LogP contribution in [0.4, 0.5) is 4.79 Å². The minimum atomic E-state index is -1.18. The Morgan fingerprint density at radius 2 is 1.55 bits per heavy atom. The van der Waals surface area contributed by atoms with Crippen LogP contribution in [0.2, 0.25) is 0 Å². The Balaban J connectivity index is 1.27. The van der Waals surface area contributed by atoms with E-state index in [1.54, 1.807) is 18.7 Å². The number of Topliss-reactive ketones (excluding diaryl/α,β-unsaturated/α-hetero) is 1. The van der Waals surface area contributed by atoms with Crippen LogP contribution in [0.3, 0.4) is 0 Å². The number of nitrogens with zero attached hydrogens (tertiary/aromatic N) is 1. The Kier molecular flexibility index (Phi) is 10.3. The zero-order valence-electron chi connectivity index (χ0n) is 35.9. The lowest BCUT2D eigenvalue weighted by Gasteiger charge is -2.72. The Bertz CT molecular complexity index is 1650. The average molecular weight is 767 g/mol. The number of carboxylic acid groups (broad SMARTS) is 1. The minimum Gasteiger partial charge on any atom is -0.481 e. The molecular formula is C45H70N2O8. The summed E-state index contributed by atoms with van der Waals surface area (Å²) in [5.74, 6) is -0.522. The largest absolute Gasteiger partial charge is 0.481 e. The zero-order chi connectivity index (χ0) is 40.9. The van der Waals surface area contributed by atoms with Crippen molar-refractivity contribution in [1.82, 2.24) is 10.2 Å². The van der Waals surface area contributed by atoms with Crippen molar-refractivity contribution in [2.45, 2.75) is 183 Å². The number of rotatable bonds is 7. The monoisotopic (exact) mass is 767 g/mol. The second-order valence-corrected chi connectivity index (χ2v) is 21.8. The van der Waals surface area contributed by atoms with Crippen molar-refractivity contribution in [3.05, 3.63) is 11.1 Å². The Labute approximate surface area is 329 Å². The Morgan fingerprint density at radius 1 is 0.873 bits per heavy atom. The molecule has 5 fully saturated rings. The molecule has 6 aliphatic rings. The van der Waals surface area contributed by atoms with Crippen molar-refractivity contribution in [2.24, 2.45) is 50.7 Å². The standard InChI is InChI=1S/C45H70N2O8/c1-26(2)34-29(48)24-45(46-36(50)28-14-13-23-47(28)38(53)55-39(3,4)5)22-21-43(11)27(35(34)45)15-16-31-42(10)19-18-32(54-33(49)25-40(6,7)37(51)52)41(8,9)30(42)17-20-44(31,43)12/h26-28,30-32H,13-25H2,1-12H3,(H,46,50)(H,51,52)/t27?,28-,30?,31?,32+,42+,43-,44-,45-/m1/s1. The van der Waals surface area contributed by atoms with Gasteiger partial charge in [-0.3, -0.25) is 24.1 Å². The summed E-state index contributed by atoms with van der Waals surface area (Å²) in [4.78, 5) is 68.1. The third-order valence-electron chi connectivity index (χ3n) is 16.4. The molecule has 6 rings (SSSR count). The maximum Gasteiger partial charge on any atom is 0.410 e. The van der Waals surface area contributed by atoms with E-state index in [1.165, 1.54) is 5.57 Å². The van der Waals surface area contributed by atoms with Gasteiger partial charge in [-0.05, 0) is 150 Å². The number of fused-ring (bicyclic) bond motifs is 7. The highest BCUT2D eigenvalue weighted by Crippen LogP contribution is 2.76. The van der Waals surface area contributed by atoms with Crippen LogP contribution in [0, 0.1) is 50.7 Å². The number of ketones is 1. The van der Waals surface area contributed by atoms with Gasteiger partial charge in [0, 0.05) is 18.4 Å². The van der Waals surface area contributed by atoms with E-state index in [2.05, 4.69) is 53.8 Å². The first-order chi connectivity index (χ1) is 25.2. The lowest BCUT2D eigenvalue weighted by Crippen LogP contribution is -2.67. The summed E-state index contributed by atoms with van der Waals surface area (Å²) in [6.07, 6.45) is 8.00. The molecule has 2 amide bonds. The maximum absolute atomic E-state index is 14.3. The smallest absolute Gasteiger partial charge is 0.410 e. The van der Waals surface area contributed by atoms with Crippen LogP contribution in [0.5, 0.6) is 0 Å². The fraction of sp³-hybridized carbons (Fsp3) is 0.844. The second kappa shape index (κ2) is 13.6. The number of hydrogen-bond donors (Lipinski definition) is 2. The molecule has 10 nitrogen and oxygen atoms in total. The molecule has 3 unspecified atom stereocenters. The topological polar surface area (TPSA) is 139 Å². The third-order valence-corrected chi connectivity index (χ3v) is 16.4. The first-order valence-electron chi connectivity index (χ1n) is 21.3. The van der Waals surface area contributed by atoms with Gasteiger partial charge in [-0.2, -0.15) is 0 Å². The molecule has 0 spiro atoms. The van der Waals surface area contributed by atoms with Crippen LogP contribution in [-0.4, -0.2) is 69.6 Å². The van der Waals surface area contributed by atoms with Crippen LogP contribution < -0.4 is 5.32 Å². The SMILES string of the molecule is CC(C)C1=C2C3CCC4[C@@]5(C)CC[C@H](OC(=O)CC(C)(C)C(=O)O)C(C)(C)C5CC[C@@]4(C)[C@]3(C)CC[C@@]2(NC(=O)[C@H]2CCCN2C(=O)OC(C)(C)C)CC1=O. The Hall–Kier alpha value is -2.91. The summed E-state index contributed by atoms with van der Waals surface area (Å²) in [7, 11) is 0. The van der Waals surface area contributed by atoms with Gasteiger partial charge in [-0.25, -0.2) is 4.79 Å². The highest BCUT2D eigenvalue weighted by Gasteiger charge is 2.70. The van der Waals surface area contributed by atoms with E-state index in [4.69, 9.17) is 9.47 Å². The summed E-state index contributed by atoms with van der Waals surface area (Å²) in [6, 6.07) is -0.623. The summed E-state index contributed by atoms with van der Waals surface area (Å²) in [5.41, 5.74) is -0.884. The number of aliphatic carboxylic acids is 1. The summed E-state index contributed by atoms with van der Waals surface area (Å²) in [5, 5.41) is 13.1. The van der Waals surface area contributed by atoms with Crippen LogP contribution in [-0.2, 0) is 28.7 Å². The van der Waals surface area contributed by atoms with E-state index in [0.29, 0.717) is 31.2 Å². The van der Waals surface area contributed by atoms with Gasteiger partial charge in [0.1, 0.15) is 17.7 Å². The number of carbonyl (C=O) groups excluding carboxylic acids is 4. The molecule has 0 bridgehead atoms. The molecule has 55 heavy (non-hydrogen) atoms. The summed E-state index contributed by atoms with van der Waals surface area (Å²) in [6.45, 7) is 25.3. The second-order valence-electron chi connectivity index (χ2n) is 21.8. The van der Waals surface area contributed by atoms with Gasteiger partial charge in [0.15, 0.2) is 5.78 Å². The molecule has 9 atom stereocenters. The first kappa shape index (κ1) is 41.7. The molecule has 0 aromatic heterocycles. The number of nitrogens with one attached hydrogen (secondary N) is 1. The van der Waals surface area contributed by atoms with Crippen molar-refractivity contribution in [3.63, 3.8) is 0 Å². The van der Waals surface area contributed by atoms with Gasteiger partial charge in [0.25, 0.3) is 0 Å². The normalized spacial score (nSPS) is 38.5. The van der Waals surface area contributed by atoms with E-state index in [0.717, 1.165) is 56.9 Å². The molecule has 10 heteroatoms. The van der Waals surface area contributed by atoms with Crippen LogP contribution in [0.1, 0.15) is 160 Å². The van der Waals surface area contributed by atoms with Crippen molar-refractivity contribution in [1.29, 1.82) is 0 Å². The van der Waals surface area contributed by atoms with Gasteiger partial charge >= 0.3 is 18.0 Å². The number of allylic oxidation sites excluding steroid dienone is 1. The number of esters is 1. The van der Waals surface area contributed by atoms with Gasteiger partial charge in [0.05, 0.1) is 17.4 Å². The maximum atomic E-state index is 14.3. The highest BCUT2D eigenvalue weighted by molar-refractivity contribution is 6.02. The molecule has 1 aliphatic heterocycles. The predicted molar refractivity (Wildman–Crippen MR) is 210 cm³/mol. The van der Waals surface area contributed by atoms with E-state index in [-0.39, 0.29) is 64.1 Å². The van der Waals surface area contributed by atoms with Gasteiger partial charge in [-0.15, -0.1) is 0 Å². The van der Waals surface area contributed by atoms with Gasteiger partial charge in [0.2, 0.25) is 5.91 Å². The molecule has 2 N–H and O–H groups in total. The summed E-state index contributed by atoms with van der Waals surface area (Å²) >= 11 is 0. The highest BCUT2D eigenvalue weighted by atomic mass is 16.6. The number of carbonyl (C=O) groups is 5. The van der Waals surface area contributed by atoms with Crippen molar-refractivity contribution >= 4 is 29.7 Å². The van der Waals surface area contributed by atoms with Crippen molar-refractivity contribution in [2.75, 3.05) is 6.54 Å². The van der Waals surface area contributed by atoms with Crippen molar-refractivity contribution in [3.8, 4) is 0 Å². The quantitative estimate of drug-likeness (QED) is 0.246. The van der Waals surface area contributed by atoms with Crippen molar-refractivity contribution < 1.29 is 38.6 Å². The lowest BCUT2D eigenvalue weighted by atomic mass is 9.33.